The number of hydrogen-bond donors (Lipinski definition) is 5. The van der Waals surface area contributed by atoms with Gasteiger partial charge in [0.2, 0.25) is 11.9 Å². The van der Waals surface area contributed by atoms with E-state index in [1.54, 1.807) is 13.0 Å². The van der Waals surface area contributed by atoms with Crippen LogP contribution in [0.1, 0.15) is 18.6 Å². The molecular weight excluding hydrogens is 978 g/mol. The lowest BCUT2D eigenvalue weighted by molar-refractivity contribution is 0.284. The summed E-state index contributed by atoms with van der Waals surface area (Å²) in [5, 5.41) is 19.2. The SMILES string of the molecule is C.Cc1cc(S(=O)(=O)O)c2cc(N=Nc3ccc(N=Nc4ccc(Nc5nc(F)nc(N(C)CS(=O)(=O)CCOS(=O)(=O)O)n5)cc4C)c4ccc(S(=O)(=O)O)cc34)cc(S(=O)(=O)O)c2c1. The summed E-state index contributed by atoms with van der Waals surface area (Å²) in [7, 11) is -22.4. The van der Waals surface area contributed by atoms with E-state index >= 15 is 0 Å². The van der Waals surface area contributed by atoms with Gasteiger partial charge in [-0.15, -0.1) is 10.2 Å². The lowest BCUT2D eigenvalue weighted by Gasteiger charge is -2.17. The van der Waals surface area contributed by atoms with E-state index in [1.807, 2.05) is 0 Å². The van der Waals surface area contributed by atoms with Gasteiger partial charge in [-0.2, -0.15) is 63.2 Å². The Balaban J connectivity index is 0.00000817. The van der Waals surface area contributed by atoms with Crippen molar-refractivity contribution in [3.05, 3.63) is 90.0 Å². The zero-order chi connectivity index (χ0) is 47.9. The molecular formula is C36H36FN9O15S5. The first-order chi connectivity index (χ1) is 30.1. The molecule has 0 unspecified atom stereocenters. The molecule has 0 aliphatic rings. The van der Waals surface area contributed by atoms with Gasteiger partial charge in [0.1, 0.15) is 15.7 Å². The van der Waals surface area contributed by atoms with Crippen molar-refractivity contribution in [1.29, 1.82) is 0 Å². The van der Waals surface area contributed by atoms with E-state index in [9.17, 15) is 60.1 Å². The summed E-state index contributed by atoms with van der Waals surface area (Å²) in [6.07, 6.45) is -1.27. The van der Waals surface area contributed by atoms with Crippen LogP contribution in [-0.2, 0) is 54.8 Å². The molecule has 0 spiro atoms. The van der Waals surface area contributed by atoms with Gasteiger partial charge in [-0.25, -0.2) is 12.6 Å². The molecule has 0 amide bonds. The summed E-state index contributed by atoms with van der Waals surface area (Å²) in [6, 6.07) is 15.1. The van der Waals surface area contributed by atoms with Crippen molar-refractivity contribution in [1.82, 2.24) is 15.0 Å². The molecule has 24 nitrogen and oxygen atoms in total. The number of anilines is 3. The van der Waals surface area contributed by atoms with Crippen molar-refractivity contribution in [2.75, 3.05) is 35.5 Å². The second kappa shape index (κ2) is 19.0. The third-order valence-corrected chi connectivity index (χ3v) is 13.5. The Hall–Kier alpha value is -6.09. The van der Waals surface area contributed by atoms with Crippen molar-refractivity contribution >= 4 is 112 Å². The lowest BCUT2D eigenvalue weighted by Crippen LogP contribution is -2.31. The number of fused-ring (bicyclic) bond motifs is 2. The van der Waals surface area contributed by atoms with Crippen molar-refractivity contribution in [2.45, 2.75) is 36.0 Å². The van der Waals surface area contributed by atoms with Gasteiger partial charge >= 0.3 is 16.5 Å². The zero-order valence-corrected chi connectivity index (χ0v) is 37.4. The number of hydrogen-bond acceptors (Lipinski definition) is 20. The Morgan fingerprint density at radius 2 is 1.24 bits per heavy atom. The highest BCUT2D eigenvalue weighted by Gasteiger charge is 2.23. The van der Waals surface area contributed by atoms with Crippen molar-refractivity contribution in [3.8, 4) is 0 Å². The fraction of sp³-hybridized carbons (Fsp3) is 0.194. The molecule has 0 bridgehead atoms. The summed E-state index contributed by atoms with van der Waals surface area (Å²) >= 11 is 0. The Labute approximate surface area is 376 Å². The standard InChI is InChI=1S/C35H32FN9O15S5.CH4/c1-19-12-26-27(31(13-19)63(51,52)53)15-22(16-32(26)64(54,55)56)41-43-30-9-8-29(24-6-5-23(17-25(24)30)62(48,49)50)44-42-28-7-4-21(14-20(28)2)37-34-38-33(36)39-35(40-34)45(3)18-61(46,47)11-10-60-65(57,58)59;/h4-9,12-17H,10-11,18H2,1-3H3,(H,48,49,50)(H,51,52,53)(H,54,55,56)(H,57,58,59)(H,37,38,39,40);1H4. The first-order valence-corrected chi connectivity index (χ1v) is 25.3. The van der Waals surface area contributed by atoms with Crippen LogP contribution in [0.3, 0.4) is 0 Å². The molecule has 6 rings (SSSR count). The predicted molar refractivity (Wildman–Crippen MR) is 236 cm³/mol. The molecule has 0 saturated heterocycles. The minimum atomic E-state index is -5.00. The second-order valence-electron chi connectivity index (χ2n) is 13.8. The number of aryl methyl sites for hydroxylation is 2. The van der Waals surface area contributed by atoms with Gasteiger partial charge in [0.05, 0.1) is 40.0 Å². The molecule has 0 aliphatic heterocycles. The topological polar surface area (TPSA) is 364 Å². The van der Waals surface area contributed by atoms with E-state index in [-0.39, 0.29) is 57.5 Å². The van der Waals surface area contributed by atoms with Crippen LogP contribution in [0.15, 0.2) is 108 Å². The van der Waals surface area contributed by atoms with Crippen molar-refractivity contribution in [3.63, 3.8) is 0 Å². The number of azo groups is 2. The zero-order valence-electron chi connectivity index (χ0n) is 33.3. The summed E-state index contributed by atoms with van der Waals surface area (Å²) in [6.45, 7) is 2.21. The van der Waals surface area contributed by atoms with Gasteiger partial charge < -0.3 is 10.2 Å². The van der Waals surface area contributed by atoms with Crippen LogP contribution in [0, 0.1) is 19.9 Å². The molecule has 5 N–H and O–H groups in total. The molecule has 66 heavy (non-hydrogen) atoms. The first kappa shape index (κ1) is 50.9. The third kappa shape index (κ3) is 12.6. The summed E-state index contributed by atoms with van der Waals surface area (Å²) < 4.78 is 177. The largest absolute Gasteiger partial charge is 0.397 e. The monoisotopic (exact) mass is 1010 g/mol. The maximum Gasteiger partial charge on any atom is 0.397 e. The molecule has 0 radical (unpaired) electrons. The van der Waals surface area contributed by atoms with E-state index in [2.05, 4.69) is 44.9 Å². The average Bonchev–Trinajstić information content (AvgIpc) is 3.17. The van der Waals surface area contributed by atoms with Crippen LogP contribution in [0.5, 0.6) is 0 Å². The van der Waals surface area contributed by atoms with Gasteiger partial charge in [-0.3, -0.25) is 18.2 Å². The number of halogens is 1. The normalized spacial score (nSPS) is 12.8. The number of benzene rings is 5. The number of nitrogens with zero attached hydrogens (tertiary/aromatic N) is 8. The summed E-state index contributed by atoms with van der Waals surface area (Å²) in [5.74, 6) is -2.34. The van der Waals surface area contributed by atoms with Gasteiger partial charge in [0, 0.05) is 34.3 Å². The fourth-order valence-electron chi connectivity index (χ4n) is 6.08. The maximum absolute atomic E-state index is 14.4. The molecule has 352 valence electrons. The Morgan fingerprint density at radius 3 is 1.86 bits per heavy atom. The van der Waals surface area contributed by atoms with Gasteiger partial charge in [0.15, 0.2) is 9.84 Å². The minimum Gasteiger partial charge on any atom is -0.329 e. The number of aromatic nitrogens is 3. The van der Waals surface area contributed by atoms with Gasteiger partial charge in [-0.1, -0.05) is 13.5 Å². The maximum atomic E-state index is 14.4. The smallest absolute Gasteiger partial charge is 0.329 e. The lowest BCUT2D eigenvalue weighted by atomic mass is 10.1. The molecule has 1 heterocycles. The van der Waals surface area contributed by atoms with Gasteiger partial charge in [0.25, 0.3) is 30.4 Å². The number of nitrogens with one attached hydrogen (secondary N) is 1. The quantitative estimate of drug-likeness (QED) is 0.0509. The third-order valence-electron chi connectivity index (χ3n) is 8.87. The highest BCUT2D eigenvalue weighted by atomic mass is 32.3. The van der Waals surface area contributed by atoms with Crippen LogP contribution in [0.2, 0.25) is 0 Å². The van der Waals surface area contributed by atoms with Crippen LogP contribution >= 0.6 is 0 Å². The van der Waals surface area contributed by atoms with Crippen LogP contribution in [0.25, 0.3) is 21.5 Å². The van der Waals surface area contributed by atoms with E-state index in [4.69, 9.17) is 4.55 Å². The number of sulfone groups is 1. The average molecular weight is 1010 g/mol. The Kier molecular flexibility index (Phi) is 14.7. The van der Waals surface area contributed by atoms with E-state index in [0.717, 1.165) is 35.2 Å². The molecule has 0 aliphatic carbocycles. The molecule has 5 aromatic carbocycles. The summed E-state index contributed by atoms with van der Waals surface area (Å²) in [5.41, 5.74) is 1.15. The number of rotatable bonds is 16. The van der Waals surface area contributed by atoms with Gasteiger partial charge in [-0.05, 0) is 91.7 Å². The highest BCUT2D eigenvalue weighted by molar-refractivity contribution is 7.91. The van der Waals surface area contributed by atoms with Crippen LogP contribution in [0.4, 0.5) is 44.7 Å². The molecule has 0 fully saturated rings. The molecule has 1 aromatic heterocycles. The Bertz CT molecular complexity index is 3560. The van der Waals surface area contributed by atoms with Crippen molar-refractivity contribution in [2.24, 2.45) is 20.5 Å². The fourth-order valence-corrected chi connectivity index (χ4v) is 9.65. The molecule has 30 heteroatoms. The van der Waals surface area contributed by atoms with Crippen molar-refractivity contribution < 1.29 is 68.9 Å². The predicted octanol–water partition coefficient (Wildman–Crippen LogP) is 6.51. The second-order valence-corrected chi connectivity index (χ2v) is 21.3. The molecule has 0 atom stereocenters. The van der Waals surface area contributed by atoms with E-state index in [0.29, 0.717) is 16.9 Å². The van der Waals surface area contributed by atoms with Crippen LogP contribution < -0.4 is 10.2 Å². The molecule has 0 saturated carbocycles. The minimum absolute atomic E-state index is 0. The van der Waals surface area contributed by atoms with E-state index < -0.39 is 95.5 Å². The molecule has 6 aromatic rings. The first-order valence-electron chi connectivity index (χ1n) is 17.8. The van der Waals surface area contributed by atoms with Crippen LogP contribution in [-0.4, -0.2) is 101 Å². The van der Waals surface area contributed by atoms with E-state index in [1.165, 1.54) is 50.4 Å². The highest BCUT2D eigenvalue weighted by Crippen LogP contribution is 2.39. The summed E-state index contributed by atoms with van der Waals surface area (Å²) in [4.78, 5) is 10.1. The Morgan fingerprint density at radius 1 is 0.652 bits per heavy atom.